The number of alkyl halides is 3. The number of anilines is 1. The van der Waals surface area contributed by atoms with Crippen molar-refractivity contribution in [2.75, 3.05) is 12.4 Å². The van der Waals surface area contributed by atoms with Gasteiger partial charge in [0.15, 0.2) is 0 Å². The van der Waals surface area contributed by atoms with Crippen molar-refractivity contribution in [3.05, 3.63) is 101 Å². The number of rotatable bonds is 5. The van der Waals surface area contributed by atoms with Crippen LogP contribution in [-0.2, 0) is 12.6 Å². The molecule has 32 heavy (non-hydrogen) atoms. The highest BCUT2D eigenvalue weighted by atomic mass is 19.4. The third kappa shape index (κ3) is 4.56. The molecule has 0 fully saturated rings. The summed E-state index contributed by atoms with van der Waals surface area (Å²) < 4.78 is 45.2. The Bertz CT molecular complexity index is 1260. The van der Waals surface area contributed by atoms with Crippen molar-refractivity contribution >= 4 is 22.5 Å². The number of benzene rings is 3. The van der Waals surface area contributed by atoms with E-state index >= 15 is 0 Å². The fourth-order valence-electron chi connectivity index (χ4n) is 3.48. The zero-order chi connectivity index (χ0) is 22.7. The van der Waals surface area contributed by atoms with Crippen LogP contribution in [-0.4, -0.2) is 18.0 Å². The third-order valence-electron chi connectivity index (χ3n) is 5.12. The summed E-state index contributed by atoms with van der Waals surface area (Å²) in [5.74, 6) is 0.0420. The van der Waals surface area contributed by atoms with E-state index in [0.717, 1.165) is 23.1 Å². The van der Waals surface area contributed by atoms with Gasteiger partial charge in [0.05, 0.1) is 23.9 Å². The van der Waals surface area contributed by atoms with Gasteiger partial charge in [-0.3, -0.25) is 9.78 Å². The number of nitrogens with one attached hydrogen (secondary N) is 1. The van der Waals surface area contributed by atoms with Gasteiger partial charge in [0.25, 0.3) is 5.91 Å². The predicted molar refractivity (Wildman–Crippen MR) is 117 cm³/mol. The van der Waals surface area contributed by atoms with Gasteiger partial charge < -0.3 is 10.1 Å². The molecule has 0 aliphatic heterocycles. The zero-order valence-corrected chi connectivity index (χ0v) is 17.1. The lowest BCUT2D eigenvalue weighted by Crippen LogP contribution is -2.17. The molecule has 0 saturated heterocycles. The highest BCUT2D eigenvalue weighted by Crippen LogP contribution is 2.32. The number of methoxy groups -OCH3 is 1. The fraction of sp³-hybridized carbons (Fsp3) is 0.120. The van der Waals surface area contributed by atoms with Gasteiger partial charge in [-0.2, -0.15) is 13.2 Å². The average molecular weight is 436 g/mol. The number of hydrogen-bond donors (Lipinski definition) is 1. The van der Waals surface area contributed by atoms with Crippen LogP contribution < -0.4 is 10.1 Å². The van der Waals surface area contributed by atoms with Gasteiger partial charge in [-0.15, -0.1) is 0 Å². The first kappa shape index (κ1) is 21.4. The molecule has 4 rings (SSSR count). The minimum atomic E-state index is -4.56. The van der Waals surface area contributed by atoms with Crippen LogP contribution in [0.3, 0.4) is 0 Å². The van der Waals surface area contributed by atoms with Gasteiger partial charge in [0, 0.05) is 17.1 Å². The van der Waals surface area contributed by atoms with Crippen molar-refractivity contribution < 1.29 is 22.7 Å². The molecule has 1 N–H and O–H groups in total. The van der Waals surface area contributed by atoms with Crippen LogP contribution in [0.25, 0.3) is 10.9 Å². The van der Waals surface area contributed by atoms with E-state index in [1.54, 1.807) is 43.6 Å². The number of pyridine rings is 1. The molecule has 3 aromatic carbocycles. The molecule has 7 heteroatoms. The Morgan fingerprint density at radius 1 is 1.00 bits per heavy atom. The molecule has 162 valence electrons. The second kappa shape index (κ2) is 8.70. The number of carbonyl (C=O) groups excluding carboxylic acids is 1. The van der Waals surface area contributed by atoms with Crippen LogP contribution in [0.1, 0.15) is 27.0 Å². The summed E-state index contributed by atoms with van der Waals surface area (Å²) in [4.78, 5) is 17.4. The molecule has 0 spiro atoms. The SMILES string of the molecule is COc1ccc(Cc2ccc(C(F)(F)F)cc2C(=O)Nc2cccc3cccnc23)cc1. The van der Waals surface area contributed by atoms with Gasteiger partial charge in [0.1, 0.15) is 5.75 Å². The number of para-hydroxylation sites is 1. The highest BCUT2D eigenvalue weighted by Gasteiger charge is 2.32. The number of aromatic nitrogens is 1. The molecule has 1 aromatic heterocycles. The van der Waals surface area contributed by atoms with E-state index in [0.29, 0.717) is 28.9 Å². The number of hydrogen-bond acceptors (Lipinski definition) is 3. The molecule has 0 aliphatic rings. The lowest BCUT2D eigenvalue weighted by Gasteiger charge is -2.15. The second-order valence-electron chi connectivity index (χ2n) is 7.23. The monoisotopic (exact) mass is 436 g/mol. The lowest BCUT2D eigenvalue weighted by atomic mass is 9.96. The number of amides is 1. The smallest absolute Gasteiger partial charge is 0.416 e. The van der Waals surface area contributed by atoms with Crippen molar-refractivity contribution in [3.8, 4) is 5.75 Å². The molecule has 0 atom stereocenters. The van der Waals surface area contributed by atoms with Gasteiger partial charge in [-0.1, -0.05) is 36.4 Å². The van der Waals surface area contributed by atoms with Crippen molar-refractivity contribution in [1.29, 1.82) is 0 Å². The largest absolute Gasteiger partial charge is 0.497 e. The van der Waals surface area contributed by atoms with E-state index < -0.39 is 17.6 Å². The molecular formula is C25H19F3N2O2. The molecule has 4 aromatic rings. The van der Waals surface area contributed by atoms with Crippen LogP contribution in [0, 0.1) is 0 Å². The number of halogens is 3. The van der Waals surface area contributed by atoms with Crippen LogP contribution in [0.2, 0.25) is 0 Å². The highest BCUT2D eigenvalue weighted by molar-refractivity contribution is 6.09. The first-order valence-corrected chi connectivity index (χ1v) is 9.83. The first-order valence-electron chi connectivity index (χ1n) is 9.83. The second-order valence-corrected chi connectivity index (χ2v) is 7.23. The Morgan fingerprint density at radius 3 is 2.47 bits per heavy atom. The van der Waals surface area contributed by atoms with E-state index in [2.05, 4.69) is 10.3 Å². The van der Waals surface area contributed by atoms with Crippen molar-refractivity contribution in [3.63, 3.8) is 0 Å². The van der Waals surface area contributed by atoms with Crippen LogP contribution >= 0.6 is 0 Å². The maximum Gasteiger partial charge on any atom is 0.416 e. The number of ether oxygens (including phenoxy) is 1. The van der Waals surface area contributed by atoms with Crippen LogP contribution in [0.4, 0.5) is 18.9 Å². The minimum Gasteiger partial charge on any atom is -0.497 e. The molecule has 1 amide bonds. The summed E-state index contributed by atoms with van der Waals surface area (Å²) >= 11 is 0. The number of fused-ring (bicyclic) bond motifs is 1. The molecule has 1 heterocycles. The van der Waals surface area contributed by atoms with E-state index in [4.69, 9.17) is 4.74 Å². The van der Waals surface area contributed by atoms with E-state index in [9.17, 15) is 18.0 Å². The van der Waals surface area contributed by atoms with Crippen molar-refractivity contribution in [2.45, 2.75) is 12.6 Å². The molecule has 0 bridgehead atoms. The van der Waals surface area contributed by atoms with Gasteiger partial charge >= 0.3 is 6.18 Å². The standard InChI is InChI=1S/C25H19F3N2O2/c1-32-20-11-7-16(8-12-20)14-18-9-10-19(25(26,27)28)15-21(18)24(31)30-22-6-2-4-17-5-3-13-29-23(17)22/h2-13,15H,14H2,1H3,(H,30,31). The fourth-order valence-corrected chi connectivity index (χ4v) is 3.48. The summed E-state index contributed by atoms with van der Waals surface area (Å²) in [5, 5.41) is 3.55. The minimum absolute atomic E-state index is 0.0384. The summed E-state index contributed by atoms with van der Waals surface area (Å²) in [5.41, 5.74) is 1.40. The van der Waals surface area contributed by atoms with Crippen molar-refractivity contribution in [2.24, 2.45) is 0 Å². The summed E-state index contributed by atoms with van der Waals surface area (Å²) in [6.45, 7) is 0. The number of carbonyl (C=O) groups is 1. The quantitative estimate of drug-likeness (QED) is 0.411. The molecule has 0 aliphatic carbocycles. The van der Waals surface area contributed by atoms with Crippen molar-refractivity contribution in [1.82, 2.24) is 4.98 Å². The lowest BCUT2D eigenvalue weighted by molar-refractivity contribution is -0.137. The third-order valence-corrected chi connectivity index (χ3v) is 5.12. The van der Waals surface area contributed by atoms with Gasteiger partial charge in [0.2, 0.25) is 0 Å². The number of nitrogens with zero attached hydrogens (tertiary/aromatic N) is 1. The van der Waals surface area contributed by atoms with E-state index in [-0.39, 0.29) is 5.56 Å². The molecule has 4 nitrogen and oxygen atoms in total. The maximum absolute atomic E-state index is 13.4. The molecular weight excluding hydrogens is 417 g/mol. The van der Waals surface area contributed by atoms with E-state index in [1.807, 2.05) is 24.3 Å². The summed E-state index contributed by atoms with van der Waals surface area (Å²) in [7, 11) is 1.55. The Balaban J connectivity index is 1.71. The maximum atomic E-state index is 13.4. The molecule has 0 unspecified atom stereocenters. The van der Waals surface area contributed by atoms with Crippen LogP contribution in [0.5, 0.6) is 5.75 Å². The zero-order valence-electron chi connectivity index (χ0n) is 17.1. The topological polar surface area (TPSA) is 51.2 Å². The predicted octanol–water partition coefficient (Wildman–Crippen LogP) is 6.11. The normalized spacial score (nSPS) is 11.4. The van der Waals surface area contributed by atoms with Crippen LogP contribution in [0.15, 0.2) is 79.0 Å². The van der Waals surface area contributed by atoms with Gasteiger partial charge in [-0.05, 0) is 53.9 Å². The summed E-state index contributed by atoms with van der Waals surface area (Å²) in [6, 6.07) is 19.3. The Kier molecular flexibility index (Phi) is 5.81. The van der Waals surface area contributed by atoms with E-state index in [1.165, 1.54) is 6.07 Å². The molecule has 0 radical (unpaired) electrons. The average Bonchev–Trinajstić information content (AvgIpc) is 2.79. The Morgan fingerprint density at radius 2 is 1.75 bits per heavy atom. The molecule has 0 saturated carbocycles. The Labute approximate surface area is 182 Å². The first-order chi connectivity index (χ1) is 15.3. The Hall–Kier alpha value is -3.87. The van der Waals surface area contributed by atoms with Gasteiger partial charge in [-0.25, -0.2) is 0 Å². The summed E-state index contributed by atoms with van der Waals surface area (Å²) in [6.07, 6.45) is -2.68.